The minimum Gasteiger partial charge on any atom is -0.444 e. The Hall–Kier alpha value is -3.11. The number of hydrogen-bond donors (Lipinski definition) is 2. The topological polar surface area (TPSA) is 109 Å². The van der Waals surface area contributed by atoms with Gasteiger partial charge in [0.05, 0.1) is 24.8 Å². The van der Waals surface area contributed by atoms with Gasteiger partial charge >= 0.3 is 6.09 Å². The number of nitrogens with one attached hydrogen (secondary N) is 2. The zero-order valence-corrected chi connectivity index (χ0v) is 24.5. The van der Waals surface area contributed by atoms with Crippen molar-refractivity contribution < 1.29 is 14.3 Å². The molecule has 0 radical (unpaired) electrons. The molecule has 1 aliphatic rings. The van der Waals surface area contributed by atoms with Gasteiger partial charge in [0.25, 0.3) is 0 Å². The molecular weight excluding hydrogens is 512 g/mol. The molecule has 1 amide bonds. The summed E-state index contributed by atoms with van der Waals surface area (Å²) in [4.78, 5) is 34.8. The average Bonchev–Trinajstić information content (AvgIpc) is 3.40. The molecule has 0 aliphatic carbocycles. The predicted molar refractivity (Wildman–Crippen MR) is 158 cm³/mol. The fraction of sp³-hybridized carbons (Fsp3) is 0.517. The van der Waals surface area contributed by atoms with E-state index in [9.17, 15) is 9.59 Å². The van der Waals surface area contributed by atoms with E-state index >= 15 is 0 Å². The summed E-state index contributed by atoms with van der Waals surface area (Å²) in [5.41, 5.74) is 1.66. The molecular formula is C29H42N6O3S. The number of aromatic nitrogens is 2. The van der Waals surface area contributed by atoms with Crippen molar-refractivity contribution in [1.82, 2.24) is 25.0 Å². The van der Waals surface area contributed by atoms with Crippen LogP contribution in [0.1, 0.15) is 65.9 Å². The van der Waals surface area contributed by atoms with E-state index in [2.05, 4.69) is 26.9 Å². The van der Waals surface area contributed by atoms with E-state index in [-0.39, 0.29) is 17.7 Å². The van der Waals surface area contributed by atoms with Crippen molar-refractivity contribution in [1.29, 1.82) is 0 Å². The number of hydrogen-bond acceptors (Lipinski definition) is 8. The molecule has 0 bridgehead atoms. The SMILES string of the molecule is C/C=S(\NCC(=O)[C@H](CCCC)NC(=O)O[C@H](CN1CCC(c2cccnc2)=N1)C(C)(C)C)c1ccccn1. The second kappa shape index (κ2) is 14.9. The summed E-state index contributed by atoms with van der Waals surface area (Å²) in [6.45, 7) is 11.5. The summed E-state index contributed by atoms with van der Waals surface area (Å²) in [5.74, 6) is -0.0757. The van der Waals surface area contributed by atoms with Crippen LogP contribution < -0.4 is 10.0 Å². The third-order valence-corrected chi connectivity index (χ3v) is 8.10. The Balaban J connectivity index is 1.61. The molecule has 2 aromatic heterocycles. The van der Waals surface area contributed by atoms with E-state index in [4.69, 9.17) is 9.84 Å². The maximum atomic E-state index is 13.2. The molecule has 39 heavy (non-hydrogen) atoms. The number of alkyl carbamates (subject to hydrolysis) is 1. The molecule has 212 valence electrons. The molecule has 3 heterocycles. The van der Waals surface area contributed by atoms with Crippen molar-refractivity contribution in [2.45, 2.75) is 77.5 Å². The molecule has 2 aromatic rings. The molecule has 0 fully saturated rings. The van der Waals surface area contributed by atoms with Gasteiger partial charge in [-0.1, -0.05) is 63.3 Å². The van der Waals surface area contributed by atoms with Gasteiger partial charge in [0, 0.05) is 42.5 Å². The number of pyridine rings is 2. The van der Waals surface area contributed by atoms with Crippen LogP contribution in [0.5, 0.6) is 0 Å². The van der Waals surface area contributed by atoms with Crippen molar-refractivity contribution in [2.24, 2.45) is 10.5 Å². The first-order valence-corrected chi connectivity index (χ1v) is 14.9. The number of hydrazone groups is 1. The van der Waals surface area contributed by atoms with Crippen LogP contribution >= 0.6 is 10.7 Å². The molecule has 1 aliphatic heterocycles. The van der Waals surface area contributed by atoms with Crippen LogP contribution in [-0.4, -0.2) is 69.7 Å². The van der Waals surface area contributed by atoms with Gasteiger partial charge in [0.15, 0.2) is 5.78 Å². The highest BCUT2D eigenvalue weighted by atomic mass is 32.2. The molecule has 9 nitrogen and oxygen atoms in total. The highest BCUT2D eigenvalue weighted by Crippen LogP contribution is 2.25. The number of carbonyl (C=O) groups is 2. The molecule has 3 atom stereocenters. The molecule has 0 saturated carbocycles. The maximum Gasteiger partial charge on any atom is 0.408 e. The molecule has 10 heteroatoms. The van der Waals surface area contributed by atoms with Gasteiger partial charge in [-0.25, -0.2) is 9.78 Å². The maximum absolute atomic E-state index is 13.2. The number of unbranched alkanes of at least 4 members (excludes halogenated alkanes) is 1. The molecule has 2 N–H and O–H groups in total. The second-order valence-electron chi connectivity index (χ2n) is 10.6. The fourth-order valence-corrected chi connectivity index (χ4v) is 5.36. The number of amides is 1. The molecule has 0 saturated heterocycles. The van der Waals surface area contributed by atoms with Gasteiger partial charge < -0.3 is 10.1 Å². The van der Waals surface area contributed by atoms with Crippen LogP contribution in [0.25, 0.3) is 0 Å². The Morgan fingerprint density at radius 1 is 1.21 bits per heavy atom. The second-order valence-corrected chi connectivity index (χ2v) is 12.4. The summed E-state index contributed by atoms with van der Waals surface area (Å²) < 4.78 is 9.22. The Bertz CT molecular complexity index is 1130. The van der Waals surface area contributed by atoms with Gasteiger partial charge in [-0.05, 0) is 36.9 Å². The third kappa shape index (κ3) is 9.54. The van der Waals surface area contributed by atoms with E-state index < -0.39 is 28.9 Å². The first-order valence-electron chi connectivity index (χ1n) is 13.6. The summed E-state index contributed by atoms with van der Waals surface area (Å²) in [6, 6.07) is 9.00. The lowest BCUT2D eigenvalue weighted by Crippen LogP contribution is -2.48. The Morgan fingerprint density at radius 3 is 2.67 bits per heavy atom. The quantitative estimate of drug-likeness (QED) is 0.342. The van der Waals surface area contributed by atoms with Gasteiger partial charge in [-0.2, -0.15) is 5.10 Å². The van der Waals surface area contributed by atoms with E-state index in [1.54, 1.807) is 12.4 Å². The minimum absolute atomic E-state index is 0.0757. The van der Waals surface area contributed by atoms with E-state index in [0.717, 1.165) is 42.1 Å². The standard InChI is InChI=1S/C29H42N6O3S/c1-6-8-13-24(25(36)20-32-39(7-2)27-14-9-10-17-31-27)33-28(37)38-26(29(3,4)5)21-35-18-15-23(34-35)22-12-11-16-30-19-22/h7,9-12,14,16-17,19,24,26,32H,6,8,13,15,18,20-21H2,1-5H3,(H,33,37)/t24-,26+,39?/m0/s1. The monoisotopic (exact) mass is 554 g/mol. The van der Waals surface area contributed by atoms with Crippen molar-refractivity contribution in [3.05, 3.63) is 54.5 Å². The molecule has 1 unspecified atom stereocenters. The minimum atomic E-state index is -0.626. The van der Waals surface area contributed by atoms with Gasteiger partial charge in [-0.15, -0.1) is 0 Å². The van der Waals surface area contributed by atoms with Crippen LogP contribution in [0.4, 0.5) is 4.79 Å². The molecule has 0 aromatic carbocycles. The van der Waals surface area contributed by atoms with Crippen LogP contribution in [-0.2, 0) is 9.53 Å². The summed E-state index contributed by atoms with van der Waals surface area (Å²) >= 11 is 0. The van der Waals surface area contributed by atoms with E-state index in [0.29, 0.717) is 13.0 Å². The number of carbonyl (C=O) groups excluding carboxylic acids is 2. The number of nitrogens with zero attached hydrogens (tertiary/aromatic N) is 4. The van der Waals surface area contributed by atoms with Crippen LogP contribution in [0.15, 0.2) is 59.0 Å². The Labute approximate surface area is 234 Å². The lowest BCUT2D eigenvalue weighted by atomic mass is 9.89. The van der Waals surface area contributed by atoms with Gasteiger partial charge in [0.1, 0.15) is 11.1 Å². The smallest absolute Gasteiger partial charge is 0.408 e. The lowest BCUT2D eigenvalue weighted by Gasteiger charge is -2.33. The highest BCUT2D eigenvalue weighted by molar-refractivity contribution is 8.13. The highest BCUT2D eigenvalue weighted by Gasteiger charge is 2.33. The fourth-order valence-electron chi connectivity index (χ4n) is 4.11. The van der Waals surface area contributed by atoms with Gasteiger partial charge in [0.2, 0.25) is 0 Å². The first-order chi connectivity index (χ1) is 18.7. The Morgan fingerprint density at radius 2 is 2.03 bits per heavy atom. The summed E-state index contributed by atoms with van der Waals surface area (Å²) in [7, 11) is -0.464. The van der Waals surface area contributed by atoms with E-state index in [1.807, 2.05) is 74.6 Å². The largest absolute Gasteiger partial charge is 0.444 e. The van der Waals surface area contributed by atoms with Gasteiger partial charge in [-0.3, -0.25) is 19.5 Å². The van der Waals surface area contributed by atoms with E-state index in [1.165, 1.54) is 0 Å². The number of rotatable bonds is 13. The molecule has 0 spiro atoms. The number of Topliss-reactive ketones (excluding diaryl/α,β-unsaturated/α-hetero) is 1. The first kappa shape index (κ1) is 30.4. The molecule has 3 rings (SSSR count). The summed E-state index contributed by atoms with van der Waals surface area (Å²) in [5, 5.41) is 12.4. The zero-order chi connectivity index (χ0) is 28.3. The Kier molecular flexibility index (Phi) is 11.6. The third-order valence-electron chi connectivity index (χ3n) is 6.48. The lowest BCUT2D eigenvalue weighted by molar-refractivity contribution is -0.120. The number of ketones is 1. The predicted octanol–water partition coefficient (Wildman–Crippen LogP) is 4.81. The van der Waals surface area contributed by atoms with Crippen LogP contribution in [0.3, 0.4) is 0 Å². The van der Waals surface area contributed by atoms with Crippen molar-refractivity contribution in [2.75, 3.05) is 19.6 Å². The number of ether oxygens (including phenoxy) is 1. The van der Waals surface area contributed by atoms with Crippen LogP contribution in [0.2, 0.25) is 0 Å². The average molecular weight is 555 g/mol. The normalized spacial score (nSPS) is 15.9. The van der Waals surface area contributed by atoms with Crippen molar-refractivity contribution in [3.63, 3.8) is 0 Å². The van der Waals surface area contributed by atoms with Crippen molar-refractivity contribution in [3.8, 4) is 0 Å². The zero-order valence-electron chi connectivity index (χ0n) is 23.7. The summed E-state index contributed by atoms with van der Waals surface area (Å²) in [6.07, 6.45) is 7.42. The van der Waals surface area contributed by atoms with Crippen molar-refractivity contribution >= 4 is 33.6 Å². The van der Waals surface area contributed by atoms with Crippen LogP contribution in [0, 0.1) is 5.41 Å².